The van der Waals surface area contributed by atoms with E-state index in [2.05, 4.69) is 53.2 Å². The van der Waals surface area contributed by atoms with Crippen LogP contribution in [0.5, 0.6) is 0 Å². The minimum atomic E-state index is 0.573. The summed E-state index contributed by atoms with van der Waals surface area (Å²) < 4.78 is 0. The number of alkyl halides is 1. The molecule has 1 aromatic carbocycles. The van der Waals surface area contributed by atoms with Crippen LogP contribution < -0.4 is 0 Å². The average Bonchev–Trinajstić information content (AvgIpc) is 2.58. The summed E-state index contributed by atoms with van der Waals surface area (Å²) in [5.41, 5.74) is 2.06. The Balaban J connectivity index is 1.88. The van der Waals surface area contributed by atoms with Gasteiger partial charge in [-0.3, -0.25) is 0 Å². The van der Waals surface area contributed by atoms with E-state index in [4.69, 9.17) is 0 Å². The lowest BCUT2D eigenvalue weighted by Gasteiger charge is -2.23. The first kappa shape index (κ1) is 11.2. The van der Waals surface area contributed by atoms with Crippen molar-refractivity contribution in [1.29, 1.82) is 0 Å². The number of aryl methyl sites for hydroxylation is 1. The highest BCUT2D eigenvalue weighted by Gasteiger charge is 2.33. The smallest absolute Gasteiger partial charge is 0.0151 e. The van der Waals surface area contributed by atoms with E-state index in [9.17, 15) is 0 Å². The van der Waals surface area contributed by atoms with Gasteiger partial charge in [0.1, 0.15) is 0 Å². The van der Waals surface area contributed by atoms with Crippen LogP contribution in [-0.2, 0) is 6.42 Å². The fourth-order valence-electron chi connectivity index (χ4n) is 2.56. The van der Waals surface area contributed by atoms with Crippen molar-refractivity contribution in [2.24, 2.45) is 5.41 Å². The third kappa shape index (κ3) is 3.07. The summed E-state index contributed by atoms with van der Waals surface area (Å²) in [6.45, 7) is 2.44. The zero-order valence-corrected chi connectivity index (χ0v) is 11.0. The first-order chi connectivity index (χ1) is 7.18. The molecule has 0 N–H and O–H groups in total. The highest BCUT2D eigenvalue weighted by Crippen LogP contribution is 2.44. The van der Waals surface area contributed by atoms with Crippen LogP contribution in [0, 0.1) is 5.41 Å². The molecule has 1 aliphatic carbocycles. The molecular formula is C14H19Br. The van der Waals surface area contributed by atoms with E-state index >= 15 is 0 Å². The second-order valence-electron chi connectivity index (χ2n) is 5.14. The van der Waals surface area contributed by atoms with Crippen molar-refractivity contribution in [1.82, 2.24) is 0 Å². The fraction of sp³-hybridized carbons (Fsp3) is 0.571. The summed E-state index contributed by atoms with van der Waals surface area (Å²) >= 11 is 3.74. The third-order valence-electron chi connectivity index (χ3n) is 3.64. The van der Waals surface area contributed by atoms with Gasteiger partial charge < -0.3 is 0 Å². The molecule has 0 radical (unpaired) electrons. The number of halogens is 1. The molecule has 0 amide bonds. The summed E-state index contributed by atoms with van der Waals surface area (Å²) in [5.74, 6) is 0. The predicted octanol–water partition coefficient (Wildman–Crippen LogP) is 4.57. The van der Waals surface area contributed by atoms with E-state index in [1.807, 2.05) is 0 Å². The van der Waals surface area contributed by atoms with Crippen LogP contribution in [0.3, 0.4) is 0 Å². The first-order valence-corrected chi connectivity index (χ1v) is 6.78. The molecule has 2 rings (SSSR count). The first-order valence-electron chi connectivity index (χ1n) is 5.86. The van der Waals surface area contributed by atoms with Gasteiger partial charge in [-0.2, -0.15) is 0 Å². The lowest BCUT2D eigenvalue weighted by molar-refractivity contribution is 0.310. The van der Waals surface area contributed by atoms with Crippen molar-refractivity contribution in [3.8, 4) is 0 Å². The van der Waals surface area contributed by atoms with Crippen LogP contribution in [-0.4, -0.2) is 4.83 Å². The van der Waals surface area contributed by atoms with E-state index in [1.54, 1.807) is 0 Å². The maximum Gasteiger partial charge on any atom is 0.0151 e. The molecule has 2 atom stereocenters. The number of hydrogen-bond acceptors (Lipinski definition) is 0. The molecule has 2 unspecified atom stereocenters. The van der Waals surface area contributed by atoms with Gasteiger partial charge in [0.05, 0.1) is 0 Å². The van der Waals surface area contributed by atoms with Gasteiger partial charge in [0.25, 0.3) is 0 Å². The van der Waals surface area contributed by atoms with Gasteiger partial charge in [0, 0.05) is 4.83 Å². The quantitative estimate of drug-likeness (QED) is 0.703. The van der Waals surface area contributed by atoms with Crippen LogP contribution in [0.2, 0.25) is 0 Å². The van der Waals surface area contributed by atoms with Gasteiger partial charge in [-0.1, -0.05) is 53.2 Å². The second-order valence-corrected chi connectivity index (χ2v) is 6.43. The van der Waals surface area contributed by atoms with E-state index < -0.39 is 0 Å². The highest BCUT2D eigenvalue weighted by atomic mass is 79.9. The molecule has 0 heterocycles. The predicted molar refractivity (Wildman–Crippen MR) is 69.4 cm³/mol. The SMILES string of the molecule is CC1(CCc2ccccc2)CCC(Br)C1. The molecule has 0 aromatic heterocycles. The van der Waals surface area contributed by atoms with Gasteiger partial charge in [-0.15, -0.1) is 0 Å². The van der Waals surface area contributed by atoms with E-state index in [0.29, 0.717) is 5.41 Å². The molecule has 1 heteroatoms. The molecule has 0 saturated heterocycles. The van der Waals surface area contributed by atoms with Gasteiger partial charge >= 0.3 is 0 Å². The Hall–Kier alpha value is -0.300. The minimum Gasteiger partial charge on any atom is -0.0890 e. The molecule has 1 aromatic rings. The molecule has 0 aliphatic heterocycles. The Morgan fingerprint density at radius 3 is 2.67 bits per heavy atom. The van der Waals surface area contributed by atoms with Crippen molar-refractivity contribution in [3.63, 3.8) is 0 Å². The molecule has 1 aliphatic rings. The summed E-state index contributed by atoms with van der Waals surface area (Å²) in [4.78, 5) is 0.762. The number of rotatable bonds is 3. The van der Waals surface area contributed by atoms with Crippen molar-refractivity contribution < 1.29 is 0 Å². The molecule has 15 heavy (non-hydrogen) atoms. The van der Waals surface area contributed by atoms with Gasteiger partial charge in [-0.05, 0) is 43.1 Å². The Kier molecular flexibility index (Phi) is 3.50. The maximum absolute atomic E-state index is 3.74. The number of hydrogen-bond donors (Lipinski definition) is 0. The van der Waals surface area contributed by atoms with E-state index in [1.165, 1.54) is 37.7 Å². The summed E-state index contributed by atoms with van der Waals surface area (Å²) in [6.07, 6.45) is 6.65. The highest BCUT2D eigenvalue weighted by molar-refractivity contribution is 9.09. The fourth-order valence-corrected chi connectivity index (χ4v) is 3.57. The molecule has 82 valence electrons. The second kappa shape index (κ2) is 4.69. The standard InChI is InChI=1S/C14H19Br/c1-14(10-8-13(15)11-14)9-7-12-5-3-2-4-6-12/h2-6,13H,7-11H2,1H3. The largest absolute Gasteiger partial charge is 0.0890 e. The zero-order valence-electron chi connectivity index (χ0n) is 9.38. The Morgan fingerprint density at radius 1 is 1.33 bits per heavy atom. The zero-order chi connectivity index (χ0) is 10.7. The normalized spacial score (nSPS) is 30.7. The summed E-state index contributed by atoms with van der Waals surface area (Å²) in [6, 6.07) is 10.8. The van der Waals surface area contributed by atoms with Crippen molar-refractivity contribution >= 4 is 15.9 Å². The van der Waals surface area contributed by atoms with Crippen LogP contribution >= 0.6 is 15.9 Å². The topological polar surface area (TPSA) is 0 Å². The minimum absolute atomic E-state index is 0.573. The molecule has 0 bridgehead atoms. The third-order valence-corrected chi connectivity index (χ3v) is 4.42. The molecular weight excluding hydrogens is 248 g/mol. The van der Waals surface area contributed by atoms with Crippen molar-refractivity contribution in [3.05, 3.63) is 35.9 Å². The van der Waals surface area contributed by atoms with Crippen LogP contribution in [0.15, 0.2) is 30.3 Å². The Bertz CT molecular complexity index is 306. The maximum atomic E-state index is 3.74. The lowest BCUT2D eigenvalue weighted by Crippen LogP contribution is -2.13. The summed E-state index contributed by atoms with van der Waals surface area (Å²) in [7, 11) is 0. The molecule has 1 saturated carbocycles. The van der Waals surface area contributed by atoms with Crippen LogP contribution in [0.1, 0.15) is 38.2 Å². The number of benzene rings is 1. The monoisotopic (exact) mass is 266 g/mol. The molecule has 0 spiro atoms. The van der Waals surface area contributed by atoms with Crippen molar-refractivity contribution in [2.45, 2.75) is 43.9 Å². The molecule has 1 fully saturated rings. The Labute approximate surface area is 101 Å². The Morgan fingerprint density at radius 2 is 2.07 bits per heavy atom. The van der Waals surface area contributed by atoms with Gasteiger partial charge in [0.2, 0.25) is 0 Å². The van der Waals surface area contributed by atoms with E-state index in [-0.39, 0.29) is 0 Å². The van der Waals surface area contributed by atoms with Gasteiger partial charge in [0.15, 0.2) is 0 Å². The van der Waals surface area contributed by atoms with Crippen LogP contribution in [0.25, 0.3) is 0 Å². The van der Waals surface area contributed by atoms with Gasteiger partial charge in [-0.25, -0.2) is 0 Å². The van der Waals surface area contributed by atoms with E-state index in [0.717, 1.165) is 4.83 Å². The van der Waals surface area contributed by atoms with Crippen LogP contribution in [0.4, 0.5) is 0 Å². The average molecular weight is 267 g/mol. The molecule has 0 nitrogen and oxygen atoms in total. The lowest BCUT2D eigenvalue weighted by atomic mass is 9.83. The van der Waals surface area contributed by atoms with Crippen molar-refractivity contribution in [2.75, 3.05) is 0 Å². The summed E-state index contributed by atoms with van der Waals surface area (Å²) in [5, 5.41) is 0.